The number of fused-ring (bicyclic) bond motifs is 1. The van der Waals surface area contributed by atoms with Crippen molar-refractivity contribution in [2.45, 2.75) is 51.1 Å². The Kier molecular flexibility index (Phi) is 9.77. The highest BCUT2D eigenvalue weighted by Gasteiger charge is 2.33. The summed E-state index contributed by atoms with van der Waals surface area (Å²) in [5.41, 5.74) is 7.63. The normalized spacial score (nSPS) is 19.0. The second-order valence-electron chi connectivity index (χ2n) is 11.7. The number of rotatable bonds is 7. The smallest absolute Gasteiger partial charge is 0.271 e. The van der Waals surface area contributed by atoms with Crippen LogP contribution in [0.5, 0.6) is 0 Å². The van der Waals surface area contributed by atoms with E-state index in [2.05, 4.69) is 15.6 Å². The lowest BCUT2D eigenvalue weighted by atomic mass is 10.1. The second kappa shape index (κ2) is 13.9. The lowest BCUT2D eigenvalue weighted by molar-refractivity contribution is -0.141. The molecule has 13 heteroatoms. The van der Waals surface area contributed by atoms with E-state index in [9.17, 15) is 19.2 Å². The fourth-order valence-electron chi connectivity index (χ4n) is 5.73. The van der Waals surface area contributed by atoms with E-state index < -0.39 is 11.9 Å². The van der Waals surface area contributed by atoms with E-state index in [4.69, 9.17) is 15.1 Å². The molecule has 5 rings (SSSR count). The van der Waals surface area contributed by atoms with Crippen molar-refractivity contribution in [2.24, 2.45) is 10.7 Å². The van der Waals surface area contributed by atoms with Gasteiger partial charge in [0.15, 0.2) is 0 Å². The molecular weight excluding hydrogens is 576 g/mol. The highest BCUT2D eigenvalue weighted by molar-refractivity contribution is 6.11. The molecule has 4 heterocycles. The van der Waals surface area contributed by atoms with Crippen LogP contribution in [0.2, 0.25) is 0 Å². The molecule has 0 unspecified atom stereocenters. The summed E-state index contributed by atoms with van der Waals surface area (Å²) in [6, 6.07) is 9.54. The van der Waals surface area contributed by atoms with Crippen molar-refractivity contribution in [1.29, 1.82) is 0 Å². The molecule has 0 radical (unpaired) electrons. The van der Waals surface area contributed by atoms with Gasteiger partial charge in [0, 0.05) is 57.0 Å². The molecule has 45 heavy (non-hydrogen) atoms. The number of carbonyl (C=O) groups is 4. The summed E-state index contributed by atoms with van der Waals surface area (Å²) in [7, 11) is 3.24. The summed E-state index contributed by atoms with van der Waals surface area (Å²) in [5, 5.41) is 6.82. The van der Waals surface area contributed by atoms with Gasteiger partial charge in [-0.3, -0.25) is 29.5 Å². The van der Waals surface area contributed by atoms with Crippen LogP contribution in [0.4, 0.5) is 5.69 Å². The van der Waals surface area contributed by atoms with Crippen molar-refractivity contribution < 1.29 is 23.6 Å². The molecule has 13 nitrogen and oxygen atoms in total. The van der Waals surface area contributed by atoms with Gasteiger partial charge < -0.3 is 30.2 Å². The van der Waals surface area contributed by atoms with Crippen LogP contribution in [0.25, 0.3) is 11.0 Å². The first kappa shape index (κ1) is 31.6. The van der Waals surface area contributed by atoms with Crippen LogP contribution in [0, 0.1) is 6.92 Å². The minimum Gasteiger partial charge on any atom is -0.461 e. The zero-order valence-corrected chi connectivity index (χ0v) is 25.9. The van der Waals surface area contributed by atoms with Gasteiger partial charge in [0.1, 0.15) is 23.1 Å². The average Bonchev–Trinajstić information content (AvgIpc) is 3.62. The lowest BCUT2D eigenvalue weighted by Gasteiger charge is -2.28. The number of carbonyl (C=O) groups excluding carboxylic acids is 4. The molecular formula is C32H40N8O5. The van der Waals surface area contributed by atoms with Gasteiger partial charge >= 0.3 is 0 Å². The number of hydrogen-bond acceptors (Lipinski definition) is 8. The molecule has 3 aromatic rings. The second-order valence-corrected chi connectivity index (χ2v) is 11.7. The van der Waals surface area contributed by atoms with E-state index in [1.807, 2.05) is 25.1 Å². The average molecular weight is 617 g/mol. The van der Waals surface area contributed by atoms with Crippen molar-refractivity contribution in [3.05, 3.63) is 59.6 Å². The van der Waals surface area contributed by atoms with Crippen molar-refractivity contribution >= 4 is 46.2 Å². The van der Waals surface area contributed by atoms with Gasteiger partial charge in [-0.05, 0) is 75.4 Å². The minimum absolute atomic E-state index is 0.000300. The van der Waals surface area contributed by atoms with Crippen LogP contribution in [0.15, 0.2) is 52.0 Å². The Balaban J connectivity index is 1.39. The van der Waals surface area contributed by atoms with Gasteiger partial charge in [-0.1, -0.05) is 0 Å². The Hall–Kier alpha value is -4.78. The molecule has 2 aromatic heterocycles. The van der Waals surface area contributed by atoms with Crippen molar-refractivity contribution in [3.8, 4) is 0 Å². The summed E-state index contributed by atoms with van der Waals surface area (Å²) < 4.78 is 5.69. The third-order valence-corrected chi connectivity index (χ3v) is 8.12. The van der Waals surface area contributed by atoms with E-state index in [0.29, 0.717) is 37.3 Å². The molecule has 0 aliphatic carbocycles. The maximum absolute atomic E-state index is 13.7. The van der Waals surface area contributed by atoms with E-state index in [0.717, 1.165) is 36.8 Å². The van der Waals surface area contributed by atoms with Crippen LogP contribution in [0.1, 0.15) is 58.7 Å². The third kappa shape index (κ3) is 7.48. The van der Waals surface area contributed by atoms with Crippen LogP contribution in [-0.4, -0.2) is 102 Å². The number of aliphatic imine (C=N–C) groups is 1. The van der Waals surface area contributed by atoms with E-state index in [1.54, 1.807) is 30.0 Å². The molecule has 0 bridgehead atoms. The number of furan rings is 1. The molecule has 0 saturated carbocycles. The Morgan fingerprint density at radius 2 is 1.91 bits per heavy atom. The van der Waals surface area contributed by atoms with Gasteiger partial charge in [-0.15, -0.1) is 0 Å². The Morgan fingerprint density at radius 1 is 1.09 bits per heavy atom. The quantitative estimate of drug-likeness (QED) is 0.269. The van der Waals surface area contributed by atoms with Crippen molar-refractivity contribution in [1.82, 2.24) is 25.0 Å². The van der Waals surface area contributed by atoms with E-state index in [-0.39, 0.29) is 47.5 Å². The number of aromatic nitrogens is 1. The number of pyridine rings is 1. The molecule has 238 valence electrons. The van der Waals surface area contributed by atoms with E-state index in [1.165, 1.54) is 23.2 Å². The highest BCUT2D eigenvalue weighted by Crippen LogP contribution is 2.23. The molecule has 2 aliphatic rings. The molecule has 4 amide bonds. The number of guanidine groups is 1. The number of nitrogens with zero attached hydrogens (tertiary/aromatic N) is 5. The number of nitrogens with one attached hydrogen (secondary N) is 2. The molecule has 0 spiro atoms. The highest BCUT2D eigenvalue weighted by atomic mass is 16.3. The molecule has 4 N–H and O–H groups in total. The Labute approximate surface area is 261 Å². The maximum atomic E-state index is 13.7. The number of anilines is 1. The zero-order chi connectivity index (χ0) is 32.1. The summed E-state index contributed by atoms with van der Waals surface area (Å²) in [5.74, 6) is -0.352. The maximum Gasteiger partial charge on any atom is 0.271 e. The van der Waals surface area contributed by atoms with Gasteiger partial charge in [-0.2, -0.15) is 0 Å². The predicted octanol–water partition coefficient (Wildman–Crippen LogP) is 2.37. The summed E-state index contributed by atoms with van der Waals surface area (Å²) in [6.07, 6.45) is 5.01. The topological polar surface area (TPSA) is 166 Å². The molecule has 1 aromatic carbocycles. The largest absolute Gasteiger partial charge is 0.461 e. The predicted molar refractivity (Wildman–Crippen MR) is 170 cm³/mol. The van der Waals surface area contributed by atoms with Crippen molar-refractivity contribution in [2.75, 3.05) is 45.6 Å². The number of amides is 4. The number of nitrogens with two attached hydrogens (primary N) is 1. The summed E-state index contributed by atoms with van der Waals surface area (Å²) in [6.45, 7) is 3.32. The van der Waals surface area contributed by atoms with Crippen molar-refractivity contribution in [3.63, 3.8) is 0 Å². The molecule has 2 aliphatic heterocycles. The van der Waals surface area contributed by atoms with Gasteiger partial charge in [0.2, 0.25) is 17.8 Å². The van der Waals surface area contributed by atoms with Crippen LogP contribution in [0.3, 0.4) is 0 Å². The van der Waals surface area contributed by atoms with Crippen LogP contribution in [-0.2, 0) is 9.59 Å². The number of likely N-dealkylation sites (tertiary alicyclic amines) is 2. The standard InChI is InChI=1S/C32H40N8O5/c1-20-15-22-16-23(10-12-27(22)45-20)35-32(37-29(42)21-9-11-25(34-18-21)30(43)38(2)3)36-26-8-4-5-13-39(31(26)44)19-28(41)40-14-6-7-24(40)17-33/h9-12,15-16,18,24,26H,4-8,13-14,17,19,33H2,1-3H3,(H2,35,36,37,42)/t24-,26+/m1/s1. The summed E-state index contributed by atoms with van der Waals surface area (Å²) in [4.78, 5) is 66.1. The lowest BCUT2D eigenvalue weighted by Crippen LogP contribution is -2.48. The monoisotopic (exact) mass is 616 g/mol. The Morgan fingerprint density at radius 3 is 2.64 bits per heavy atom. The number of aryl methyl sites for hydroxylation is 1. The molecule has 2 fully saturated rings. The fraction of sp³-hybridized carbons (Fsp3) is 0.438. The third-order valence-electron chi connectivity index (χ3n) is 8.12. The first-order valence-electron chi connectivity index (χ1n) is 15.3. The number of hydrogen-bond donors (Lipinski definition) is 3. The molecule has 2 atom stereocenters. The van der Waals surface area contributed by atoms with Gasteiger partial charge in [0.05, 0.1) is 12.1 Å². The van der Waals surface area contributed by atoms with Crippen LogP contribution < -0.4 is 16.4 Å². The molecule has 2 saturated heterocycles. The minimum atomic E-state index is -0.815. The van der Waals surface area contributed by atoms with Gasteiger partial charge in [0.25, 0.3) is 11.8 Å². The SMILES string of the molecule is Cc1cc2cc(NC(=N[C@H]3CCCCN(CC(=O)N4CCC[C@@H]4CN)C3=O)NC(=O)c3ccc(C(=O)N(C)C)nc3)ccc2o1. The first-order valence-corrected chi connectivity index (χ1v) is 15.3. The number of benzene rings is 1. The zero-order valence-electron chi connectivity index (χ0n) is 25.9. The summed E-state index contributed by atoms with van der Waals surface area (Å²) >= 11 is 0. The van der Waals surface area contributed by atoms with Crippen LogP contribution >= 0.6 is 0 Å². The fourth-order valence-corrected chi connectivity index (χ4v) is 5.73. The first-order chi connectivity index (χ1) is 21.6. The Bertz CT molecular complexity index is 1600. The van der Waals surface area contributed by atoms with E-state index >= 15 is 0 Å². The van der Waals surface area contributed by atoms with Gasteiger partial charge in [-0.25, -0.2) is 4.99 Å².